The Morgan fingerprint density at radius 2 is 0.918 bits per heavy atom. The molecule has 0 fully saturated rings. The maximum absolute atomic E-state index is 11.8. The summed E-state index contributed by atoms with van der Waals surface area (Å²) in [7, 11) is 0. The number of esters is 1. The molecule has 13 aromatic rings. The zero-order valence-corrected chi connectivity index (χ0v) is 76.5. The summed E-state index contributed by atoms with van der Waals surface area (Å²) in [5.41, 5.74) is 16.2. The van der Waals surface area contributed by atoms with Gasteiger partial charge in [0.15, 0.2) is 40.1 Å². The number of carbonyl (C=O) groups is 5. The molecule has 0 atom stereocenters. The Bertz CT molecular complexity index is 5800. The van der Waals surface area contributed by atoms with Crippen molar-refractivity contribution in [2.75, 3.05) is 17.5 Å². The van der Waals surface area contributed by atoms with E-state index in [1.807, 2.05) is 131 Å². The van der Waals surface area contributed by atoms with Gasteiger partial charge < -0.3 is 20.7 Å². The van der Waals surface area contributed by atoms with Crippen molar-refractivity contribution < 1.29 is 62.7 Å². The Labute approximate surface area is 773 Å². The average molecular weight is 1990 g/mol. The second kappa shape index (κ2) is 50.8. The molecular formula is C81H73Br3Cl4LiN20O9PS3. The van der Waals surface area contributed by atoms with Gasteiger partial charge in [0.2, 0.25) is 0 Å². The number of benzene rings is 5. The van der Waals surface area contributed by atoms with Gasteiger partial charge in [0.05, 0.1) is 64.5 Å². The molecule has 5 aromatic carbocycles. The summed E-state index contributed by atoms with van der Waals surface area (Å²) in [4.78, 5) is 69.1. The summed E-state index contributed by atoms with van der Waals surface area (Å²) in [6, 6.07) is 60.9. The Balaban J connectivity index is 0.000000372. The minimum atomic E-state index is -3.22. The molecule has 0 saturated heterocycles. The van der Waals surface area contributed by atoms with E-state index in [0.29, 0.717) is 74.6 Å². The van der Waals surface area contributed by atoms with Crippen LogP contribution in [0, 0.1) is 51.9 Å². The minimum Gasteiger partial charge on any atom is -0.870 e. The fraction of sp³-hybridized carbons (Fsp3) is 0.160. The van der Waals surface area contributed by atoms with Crippen LogP contribution >= 0.6 is 134 Å². The van der Waals surface area contributed by atoms with Crippen LogP contribution in [0.3, 0.4) is 0 Å². The molecule has 0 bridgehead atoms. The van der Waals surface area contributed by atoms with Crippen LogP contribution in [0.5, 0.6) is 0 Å². The summed E-state index contributed by atoms with van der Waals surface area (Å²) in [5, 5.41) is 65.8. The van der Waals surface area contributed by atoms with Gasteiger partial charge in [-0.25, -0.2) is 20.7 Å². The Kier molecular flexibility index (Phi) is 44.0. The zero-order chi connectivity index (χ0) is 87.8. The predicted molar refractivity (Wildman–Crippen MR) is 486 cm³/mol. The maximum Gasteiger partial charge on any atom is 1.00 e. The fourth-order valence-electron chi connectivity index (χ4n) is 8.88. The van der Waals surface area contributed by atoms with Gasteiger partial charge in [-0.1, -0.05) is 31.7 Å². The number of nitrogens with two attached hydrogens (primary N) is 1. The molecule has 0 unspecified atom stereocenters. The third kappa shape index (κ3) is 34.4. The van der Waals surface area contributed by atoms with Crippen molar-refractivity contribution in [2.45, 2.75) is 86.8 Å². The fourth-order valence-corrected chi connectivity index (χ4v) is 11.9. The summed E-state index contributed by atoms with van der Waals surface area (Å²) in [6.07, 6.45) is 8.99. The van der Waals surface area contributed by atoms with Crippen LogP contribution in [0.25, 0.3) is 56.0 Å². The molecule has 0 aliphatic heterocycles. The number of Topliss-reactive ketones (excluding diaryl/α,β-unsaturated/α-hetero) is 1. The predicted octanol–water partition coefficient (Wildman–Crippen LogP) is 17.7. The molecule has 624 valence electrons. The number of nitriles is 4. The first-order valence-corrected chi connectivity index (χ1v) is 43.4. The van der Waals surface area contributed by atoms with Crippen LogP contribution in [0.2, 0.25) is 0 Å². The molecule has 8 heterocycles. The molecule has 122 heavy (non-hydrogen) atoms. The molecule has 8 aromatic heterocycles. The van der Waals surface area contributed by atoms with E-state index in [-0.39, 0.29) is 49.4 Å². The van der Waals surface area contributed by atoms with E-state index in [2.05, 4.69) is 174 Å². The number of halogens is 7. The number of anilines is 2. The number of hydrazine groups is 2. The molecule has 7 N–H and O–H groups in total. The van der Waals surface area contributed by atoms with Crippen LogP contribution in [0.4, 0.5) is 17.3 Å². The Hall–Kier alpha value is -10.5. The van der Waals surface area contributed by atoms with Gasteiger partial charge in [-0.3, -0.25) is 52.6 Å². The molecule has 0 aliphatic carbocycles. The normalized spacial score (nSPS) is 10.3. The quantitative estimate of drug-likeness (QED) is 0.00602. The SMILES string of the molecule is C.CC(=O)C(C)(C)Sc1ccc2nnc(-c3ccc(C#N)cc3)n2c1.CC(C)(Sc1ccc2nnc(-c3ccc(C#N)cc3)n2c1)C(=O)O.CCOC(=O)C(C)(C)S.N#Cc1ccc(-c2nnc3ccc(Br)cn23)cc1.N#Cc1ccc(C(=O)NNc2ccc(Br)cn2)cc1.NNc1ccc(Br)cn1.O=P(Cl)(Cl)Cl.[C-]#[N+]c1ccc(C(=O)Cl)cc1.[Li+].[OH-]. The number of amides is 1. The van der Waals surface area contributed by atoms with Crippen LogP contribution < -0.4 is 41.0 Å². The number of thioether (sulfide) groups is 2. The molecule has 29 nitrogen and oxygen atoms in total. The van der Waals surface area contributed by atoms with Gasteiger partial charge >= 0.3 is 36.0 Å². The number of pyridine rings is 5. The number of thiol groups is 1. The van der Waals surface area contributed by atoms with Gasteiger partial charge in [-0.2, -0.15) is 33.7 Å². The van der Waals surface area contributed by atoms with Crippen molar-refractivity contribution in [1.82, 2.24) is 59.2 Å². The Morgan fingerprint density at radius 1 is 0.566 bits per heavy atom. The number of carboxylic acid groups (broad SMARTS) is 1. The molecule has 0 spiro atoms. The number of carbonyl (C=O) groups excluding carboxylic acids is 4. The van der Waals surface area contributed by atoms with Crippen molar-refractivity contribution in [3.8, 4) is 58.4 Å². The van der Waals surface area contributed by atoms with Crippen LogP contribution in [-0.2, 0) is 23.7 Å². The number of aliphatic carboxylic acids is 1. The van der Waals surface area contributed by atoms with E-state index in [0.717, 1.165) is 57.0 Å². The van der Waals surface area contributed by atoms with E-state index < -0.39 is 30.7 Å². The van der Waals surface area contributed by atoms with Crippen LogP contribution in [0.1, 0.15) is 106 Å². The van der Waals surface area contributed by atoms with Crippen LogP contribution in [0.15, 0.2) is 236 Å². The number of aromatic nitrogens is 11. The first-order valence-electron chi connectivity index (χ1n) is 34.2. The summed E-state index contributed by atoms with van der Waals surface area (Å²) < 4.78 is 20.5. The molecule has 41 heteroatoms. The van der Waals surface area contributed by atoms with E-state index >= 15 is 0 Å². The van der Waals surface area contributed by atoms with Gasteiger partial charge in [0.25, 0.3) is 11.1 Å². The van der Waals surface area contributed by atoms with Crippen molar-refractivity contribution in [3.63, 3.8) is 0 Å². The topological polar surface area (TPSA) is 440 Å². The number of hydrogen-bond donors (Lipinski definition) is 6. The second-order valence-electron chi connectivity index (χ2n) is 25.2. The standard InChI is InChI=1S/C18H16N4OS.C17H14N4O2S.C13H9BrN4O.C13H7BrN4.C8H4ClNO.C6H12O2S.C5H6BrN3.CH4.Cl3OP.Li.H2O/c1-12(23)18(2,3)24-15-8-9-16-20-21-17(22(16)11-15)14-6-4-13(10-19)5-7-14;1-17(2,16(22)23)24-13-7-8-14-19-20-15(21(14)10-13)12-5-3-11(9-18)4-6-12;14-11-5-6-12(16-8-11)17-18-13(19)10-3-1-9(7-15)2-4-10;14-11-5-6-12-16-17-13(18(12)8-11)10-3-1-9(7-15)2-4-10;1-10-7-4-2-6(3-5-7)8(9)11;1-4-8-5(7)6(2,3)9;6-4-1-2-5(9-7)8-3-4;;1-5(2,3)4;;/h4-9,11H,1-3H3;3-8,10H,1-2H3,(H,22,23);1-6,8H,(H,16,17)(H,18,19);1-6,8H;2-5H;9H,4H2,1-3H3;1-3H,7H2,(H,8,9);1H4;;;1H2/q;;;;;;;;;+1;/p-1. The number of fused-ring (bicyclic) bond motifs is 3. The van der Waals surface area contributed by atoms with Crippen molar-refractivity contribution >= 4 is 198 Å². The number of rotatable bonds is 16. The number of ether oxygens (including phenoxy) is 1. The maximum atomic E-state index is 11.8. The van der Waals surface area contributed by atoms with Gasteiger partial charge in [-0.05, 0) is 306 Å². The zero-order valence-electron chi connectivity index (χ0n) is 65.3. The molecule has 1 amide bonds. The molecule has 13 rings (SSSR count). The van der Waals surface area contributed by atoms with Crippen molar-refractivity contribution in [3.05, 3.63) is 271 Å². The monoisotopic (exact) mass is 1980 g/mol. The summed E-state index contributed by atoms with van der Waals surface area (Å²) >= 11 is 35.8. The van der Waals surface area contributed by atoms with Gasteiger partial charge in [-0.15, -0.1) is 54.1 Å². The molecule has 0 saturated carbocycles. The largest absolute Gasteiger partial charge is 1.00 e. The van der Waals surface area contributed by atoms with E-state index in [4.69, 9.17) is 49.8 Å². The summed E-state index contributed by atoms with van der Waals surface area (Å²) in [5.74, 6) is 7.07. The van der Waals surface area contributed by atoms with E-state index in [1.54, 1.807) is 145 Å². The number of hydrogen-bond acceptors (Lipinski definition) is 26. The van der Waals surface area contributed by atoms with Crippen molar-refractivity contribution in [1.29, 1.82) is 21.0 Å². The Morgan fingerprint density at radius 3 is 1.24 bits per heavy atom. The first kappa shape index (κ1) is 106. The van der Waals surface area contributed by atoms with Crippen LogP contribution in [-0.4, -0.2) is 114 Å². The first-order chi connectivity index (χ1) is 56.3. The second-order valence-corrected chi connectivity index (χ2v) is 39.5. The number of nitrogens with one attached hydrogen (secondary N) is 3. The third-order valence-corrected chi connectivity index (χ3v) is 19.5. The van der Waals surface area contributed by atoms with Gasteiger partial charge in [0.1, 0.15) is 26.9 Å². The number of carboxylic acids is 1. The van der Waals surface area contributed by atoms with Gasteiger partial charge in [0, 0.05) is 82.0 Å². The summed E-state index contributed by atoms with van der Waals surface area (Å²) in [6.45, 7) is 21.0. The molecule has 0 radical (unpaired) electrons. The van der Waals surface area contributed by atoms with E-state index in [9.17, 15) is 33.6 Å². The average Bonchev–Trinajstić information content (AvgIpc) is 1.64. The molecule has 0 aliphatic rings. The number of nitrogen functional groups attached to an aromatic ring is 1. The number of ketones is 1. The smallest absolute Gasteiger partial charge is 0.870 e. The van der Waals surface area contributed by atoms with E-state index in [1.165, 1.54) is 35.7 Å². The van der Waals surface area contributed by atoms with Crippen molar-refractivity contribution in [2.24, 2.45) is 5.84 Å². The third-order valence-electron chi connectivity index (χ3n) is 15.2. The minimum absolute atomic E-state index is 0. The number of nitrogens with zero attached hydrogens (tertiary/aromatic N) is 16. The molecular weight excluding hydrogens is 1910 g/mol.